The van der Waals surface area contributed by atoms with Gasteiger partial charge in [-0.05, 0) is 55.2 Å². The maximum atomic E-state index is 13.5. The molecule has 0 aliphatic rings. The van der Waals surface area contributed by atoms with Crippen molar-refractivity contribution in [3.05, 3.63) is 99.6 Å². The van der Waals surface area contributed by atoms with E-state index in [1.807, 2.05) is 87.5 Å². The molecule has 3 aromatic rings. The van der Waals surface area contributed by atoms with Crippen LogP contribution in [0.5, 0.6) is 5.75 Å². The molecule has 0 saturated heterocycles. The van der Waals surface area contributed by atoms with E-state index in [1.165, 1.54) is 0 Å². The van der Waals surface area contributed by atoms with E-state index in [0.717, 1.165) is 27.8 Å². The lowest BCUT2D eigenvalue weighted by atomic mass is 10.0. The summed E-state index contributed by atoms with van der Waals surface area (Å²) in [6, 6.07) is 20.6. The predicted octanol–water partition coefficient (Wildman–Crippen LogP) is 5.03. The molecule has 0 fully saturated rings. The Morgan fingerprint density at radius 2 is 1.59 bits per heavy atom. The van der Waals surface area contributed by atoms with Gasteiger partial charge in [-0.3, -0.25) is 9.59 Å². The number of benzene rings is 3. The Morgan fingerprint density at radius 1 is 0.941 bits per heavy atom. The number of amides is 2. The number of hydrogen-bond acceptors (Lipinski definition) is 3. The van der Waals surface area contributed by atoms with Crippen LogP contribution in [0, 0.1) is 20.8 Å². The van der Waals surface area contributed by atoms with Crippen molar-refractivity contribution in [3.63, 3.8) is 0 Å². The maximum absolute atomic E-state index is 13.5. The number of carbonyl (C=O) groups is 2. The van der Waals surface area contributed by atoms with E-state index in [-0.39, 0.29) is 18.4 Å². The number of aryl methyl sites for hydroxylation is 3. The molecule has 0 aromatic heterocycles. The first-order valence-electron chi connectivity index (χ1n) is 11.3. The number of ether oxygens (including phenoxy) is 1. The van der Waals surface area contributed by atoms with E-state index >= 15 is 0 Å². The van der Waals surface area contributed by atoms with E-state index in [4.69, 9.17) is 16.3 Å². The summed E-state index contributed by atoms with van der Waals surface area (Å²) >= 11 is 6.26. The molecule has 1 N–H and O–H groups in total. The highest BCUT2D eigenvalue weighted by Gasteiger charge is 2.30. The van der Waals surface area contributed by atoms with Crippen LogP contribution >= 0.6 is 11.6 Å². The zero-order chi connectivity index (χ0) is 24.7. The fraction of sp³-hybridized carbons (Fsp3) is 0.286. The Hall–Kier alpha value is -3.31. The van der Waals surface area contributed by atoms with Crippen molar-refractivity contribution < 1.29 is 14.3 Å². The molecule has 178 valence electrons. The third-order valence-corrected chi connectivity index (χ3v) is 6.32. The van der Waals surface area contributed by atoms with Gasteiger partial charge in [0.15, 0.2) is 6.61 Å². The molecule has 1 unspecified atom stereocenters. The second-order valence-corrected chi connectivity index (χ2v) is 8.87. The van der Waals surface area contributed by atoms with E-state index in [9.17, 15) is 9.59 Å². The van der Waals surface area contributed by atoms with E-state index in [1.54, 1.807) is 11.9 Å². The summed E-state index contributed by atoms with van der Waals surface area (Å²) < 4.78 is 5.86. The first kappa shape index (κ1) is 25.3. The molecule has 3 aromatic carbocycles. The van der Waals surface area contributed by atoms with Gasteiger partial charge in [-0.15, -0.1) is 0 Å². The summed E-state index contributed by atoms with van der Waals surface area (Å²) in [5.41, 5.74) is 4.78. The standard InChI is InChI=1S/C28H31ClN2O3/c1-19-9-8-12-23(13-19)17-31(25(28(33)30-4)16-22-10-6-5-7-11-22)26(32)18-34-24-14-20(2)27(29)21(3)15-24/h5-15,25H,16-18H2,1-4H3,(H,30,33). The number of halogens is 1. The van der Waals surface area contributed by atoms with Gasteiger partial charge in [0.1, 0.15) is 11.8 Å². The van der Waals surface area contributed by atoms with Crippen LogP contribution in [0.1, 0.15) is 27.8 Å². The second kappa shape index (κ2) is 11.7. The van der Waals surface area contributed by atoms with E-state index in [2.05, 4.69) is 5.32 Å². The Morgan fingerprint density at radius 3 is 2.21 bits per heavy atom. The summed E-state index contributed by atoms with van der Waals surface area (Å²) in [6.07, 6.45) is 0.400. The molecule has 1 atom stereocenters. The smallest absolute Gasteiger partial charge is 0.261 e. The molecule has 0 aliphatic carbocycles. The Balaban J connectivity index is 1.89. The van der Waals surface area contributed by atoms with Crippen LogP contribution in [0.3, 0.4) is 0 Å². The lowest BCUT2D eigenvalue weighted by Gasteiger charge is -2.31. The van der Waals surface area contributed by atoms with Gasteiger partial charge in [0, 0.05) is 25.0 Å². The first-order chi connectivity index (χ1) is 16.3. The van der Waals surface area contributed by atoms with Crippen LogP contribution in [0.25, 0.3) is 0 Å². The molecule has 0 bridgehead atoms. The van der Waals surface area contributed by atoms with Gasteiger partial charge in [0.05, 0.1) is 0 Å². The average molecular weight is 479 g/mol. The van der Waals surface area contributed by atoms with E-state index in [0.29, 0.717) is 23.7 Å². The van der Waals surface area contributed by atoms with Gasteiger partial charge in [0.2, 0.25) is 5.91 Å². The molecule has 0 saturated carbocycles. The van der Waals surface area contributed by atoms with Crippen molar-refractivity contribution in [1.29, 1.82) is 0 Å². The Kier molecular flexibility index (Phi) is 8.72. The van der Waals surface area contributed by atoms with Crippen molar-refractivity contribution in [2.45, 2.75) is 39.8 Å². The number of rotatable bonds is 9. The van der Waals surface area contributed by atoms with Gasteiger partial charge < -0.3 is 15.0 Å². The highest BCUT2D eigenvalue weighted by atomic mass is 35.5. The second-order valence-electron chi connectivity index (χ2n) is 8.49. The van der Waals surface area contributed by atoms with Crippen LogP contribution < -0.4 is 10.1 Å². The fourth-order valence-electron chi connectivity index (χ4n) is 3.95. The highest BCUT2D eigenvalue weighted by molar-refractivity contribution is 6.32. The molecule has 0 heterocycles. The number of nitrogens with zero attached hydrogens (tertiary/aromatic N) is 1. The molecule has 0 spiro atoms. The third-order valence-electron chi connectivity index (χ3n) is 5.73. The molecule has 3 rings (SSSR count). The van der Waals surface area contributed by atoms with Crippen molar-refractivity contribution in [2.75, 3.05) is 13.7 Å². The molecular weight excluding hydrogens is 448 g/mol. The average Bonchev–Trinajstić information content (AvgIpc) is 2.83. The predicted molar refractivity (Wildman–Crippen MR) is 136 cm³/mol. The van der Waals surface area contributed by atoms with Crippen LogP contribution in [0.15, 0.2) is 66.7 Å². The number of carbonyl (C=O) groups excluding carboxylic acids is 2. The lowest BCUT2D eigenvalue weighted by Crippen LogP contribution is -2.51. The molecule has 0 radical (unpaired) electrons. The maximum Gasteiger partial charge on any atom is 0.261 e. The minimum Gasteiger partial charge on any atom is -0.484 e. The summed E-state index contributed by atoms with van der Waals surface area (Å²) in [5.74, 6) is 0.0853. The topological polar surface area (TPSA) is 58.6 Å². The van der Waals surface area contributed by atoms with Crippen LogP contribution in [-0.2, 0) is 22.6 Å². The zero-order valence-electron chi connectivity index (χ0n) is 20.1. The van der Waals surface area contributed by atoms with Crippen LogP contribution in [0.2, 0.25) is 5.02 Å². The Labute approximate surface area is 206 Å². The largest absolute Gasteiger partial charge is 0.484 e. The number of nitrogens with one attached hydrogen (secondary N) is 1. The van der Waals surface area contributed by atoms with Crippen LogP contribution in [-0.4, -0.2) is 36.4 Å². The van der Waals surface area contributed by atoms with Crippen molar-refractivity contribution in [1.82, 2.24) is 10.2 Å². The number of hydrogen-bond donors (Lipinski definition) is 1. The molecule has 34 heavy (non-hydrogen) atoms. The molecular formula is C28H31ClN2O3. The minimum atomic E-state index is -0.683. The van der Waals surface area contributed by atoms with Gasteiger partial charge in [-0.2, -0.15) is 0 Å². The Bertz CT molecular complexity index is 1120. The summed E-state index contributed by atoms with van der Waals surface area (Å²) in [7, 11) is 1.59. The van der Waals surface area contributed by atoms with Crippen LogP contribution in [0.4, 0.5) is 0 Å². The van der Waals surface area contributed by atoms with E-state index < -0.39 is 6.04 Å². The number of likely N-dealkylation sites (N-methyl/N-ethyl adjacent to an activating group) is 1. The van der Waals surface area contributed by atoms with Crippen molar-refractivity contribution in [2.24, 2.45) is 0 Å². The quantitative estimate of drug-likeness (QED) is 0.469. The molecule has 2 amide bonds. The molecule has 5 nitrogen and oxygen atoms in total. The van der Waals surface area contributed by atoms with Gasteiger partial charge in [-0.25, -0.2) is 0 Å². The first-order valence-corrected chi connectivity index (χ1v) is 11.7. The third kappa shape index (κ3) is 6.61. The van der Waals surface area contributed by atoms with Gasteiger partial charge in [0.25, 0.3) is 5.91 Å². The zero-order valence-corrected chi connectivity index (χ0v) is 20.9. The molecule has 6 heteroatoms. The normalized spacial score (nSPS) is 11.6. The lowest BCUT2D eigenvalue weighted by molar-refractivity contribution is -0.142. The SMILES string of the molecule is CNC(=O)C(Cc1ccccc1)N(Cc1cccc(C)c1)C(=O)COc1cc(C)c(Cl)c(C)c1. The van der Waals surface area contributed by atoms with Gasteiger partial charge in [-0.1, -0.05) is 71.8 Å². The summed E-state index contributed by atoms with van der Waals surface area (Å²) in [4.78, 5) is 28.1. The highest BCUT2D eigenvalue weighted by Crippen LogP contribution is 2.26. The summed E-state index contributed by atoms with van der Waals surface area (Å²) in [6.45, 7) is 5.91. The monoisotopic (exact) mass is 478 g/mol. The minimum absolute atomic E-state index is 0.186. The van der Waals surface area contributed by atoms with Gasteiger partial charge >= 0.3 is 0 Å². The van der Waals surface area contributed by atoms with Crippen molar-refractivity contribution >= 4 is 23.4 Å². The van der Waals surface area contributed by atoms with Crippen molar-refractivity contribution in [3.8, 4) is 5.75 Å². The fourth-order valence-corrected chi connectivity index (χ4v) is 4.05. The molecule has 0 aliphatic heterocycles. The summed E-state index contributed by atoms with van der Waals surface area (Å²) in [5, 5.41) is 3.41.